The number of carbonyl (C=O) groups is 3. The van der Waals surface area contributed by atoms with E-state index in [1.807, 2.05) is 6.92 Å². The highest BCUT2D eigenvalue weighted by molar-refractivity contribution is 6.13. The van der Waals surface area contributed by atoms with Crippen LogP contribution in [0.3, 0.4) is 0 Å². The minimum absolute atomic E-state index is 0.414. The quantitative estimate of drug-likeness (QED) is 0.332. The van der Waals surface area contributed by atoms with Gasteiger partial charge in [0.25, 0.3) is 5.91 Å². The van der Waals surface area contributed by atoms with Gasteiger partial charge in [0.15, 0.2) is 6.04 Å². The van der Waals surface area contributed by atoms with Crippen molar-refractivity contribution >= 4 is 29.6 Å². The number of benzene rings is 1. The molecule has 0 fully saturated rings. The predicted molar refractivity (Wildman–Crippen MR) is 110 cm³/mol. The molecular formula is C20H30ClN3O5. The van der Waals surface area contributed by atoms with E-state index in [1.54, 1.807) is 51.1 Å². The number of esters is 1. The molecule has 0 spiro atoms. The van der Waals surface area contributed by atoms with Gasteiger partial charge in [-0.25, -0.2) is 9.63 Å². The Morgan fingerprint density at radius 1 is 1.17 bits per heavy atom. The molecule has 1 aromatic rings. The number of hydrogen-bond acceptors (Lipinski definition) is 6. The van der Waals surface area contributed by atoms with Crippen molar-refractivity contribution < 1.29 is 24.2 Å². The minimum Gasteiger partial charge on any atom is -0.458 e. The van der Waals surface area contributed by atoms with Crippen LogP contribution in [0, 0.1) is 0 Å². The molecule has 4 N–H and O–H groups in total. The van der Waals surface area contributed by atoms with E-state index >= 15 is 0 Å². The second-order valence-electron chi connectivity index (χ2n) is 7.61. The lowest BCUT2D eigenvalue weighted by atomic mass is 10.1. The zero-order valence-electron chi connectivity index (χ0n) is 17.2. The summed E-state index contributed by atoms with van der Waals surface area (Å²) in [6.45, 7) is 6.67. The number of nitrogens with one attached hydrogen (secondary N) is 3. The number of hydrogen-bond donors (Lipinski definition) is 4. The fourth-order valence-corrected chi connectivity index (χ4v) is 2.76. The zero-order valence-corrected chi connectivity index (χ0v) is 18.0. The SMILES string of the molecule is CCCC(NCl)C(O)C(=O)NCC(=O)N[C@H](C(=O)OC(C)(C)C)c1ccccc1. The van der Waals surface area contributed by atoms with Crippen LogP contribution in [0.5, 0.6) is 0 Å². The Morgan fingerprint density at radius 3 is 2.31 bits per heavy atom. The third-order valence-electron chi connectivity index (χ3n) is 3.89. The second kappa shape index (κ2) is 11.7. The average molecular weight is 428 g/mol. The number of amides is 2. The van der Waals surface area contributed by atoms with E-state index in [4.69, 9.17) is 16.5 Å². The molecule has 0 bridgehead atoms. The maximum Gasteiger partial charge on any atom is 0.333 e. The van der Waals surface area contributed by atoms with E-state index in [9.17, 15) is 19.5 Å². The van der Waals surface area contributed by atoms with E-state index in [-0.39, 0.29) is 0 Å². The molecular weight excluding hydrogens is 398 g/mol. The normalized spacial score (nSPS) is 14.4. The molecule has 0 aliphatic rings. The molecule has 8 nitrogen and oxygen atoms in total. The van der Waals surface area contributed by atoms with Gasteiger partial charge in [0, 0.05) is 0 Å². The Labute approximate surface area is 176 Å². The van der Waals surface area contributed by atoms with Crippen LogP contribution in [0.1, 0.15) is 52.1 Å². The number of aliphatic hydroxyl groups is 1. The largest absolute Gasteiger partial charge is 0.458 e. The molecule has 0 saturated carbocycles. The second-order valence-corrected chi connectivity index (χ2v) is 7.83. The predicted octanol–water partition coefficient (Wildman–Crippen LogP) is 1.57. The molecule has 2 amide bonds. The molecule has 3 atom stereocenters. The van der Waals surface area contributed by atoms with Crippen LogP contribution in [0.25, 0.3) is 0 Å². The molecule has 29 heavy (non-hydrogen) atoms. The molecule has 1 rings (SSSR count). The molecule has 0 aliphatic carbocycles. The van der Waals surface area contributed by atoms with Gasteiger partial charge in [-0.1, -0.05) is 43.7 Å². The number of rotatable bonds is 10. The van der Waals surface area contributed by atoms with Crippen molar-refractivity contribution in [1.29, 1.82) is 0 Å². The zero-order chi connectivity index (χ0) is 22.0. The van der Waals surface area contributed by atoms with E-state index in [0.717, 1.165) is 0 Å². The summed E-state index contributed by atoms with van der Waals surface area (Å²) in [5, 5.41) is 14.9. The monoisotopic (exact) mass is 427 g/mol. The molecule has 0 heterocycles. The smallest absolute Gasteiger partial charge is 0.333 e. The molecule has 0 saturated heterocycles. The Balaban J connectivity index is 2.75. The van der Waals surface area contributed by atoms with Gasteiger partial charge >= 0.3 is 5.97 Å². The molecule has 2 unspecified atom stereocenters. The van der Waals surface area contributed by atoms with E-state index < -0.39 is 48.1 Å². The van der Waals surface area contributed by atoms with Crippen molar-refractivity contribution in [3.05, 3.63) is 35.9 Å². The fraction of sp³-hybridized carbons (Fsp3) is 0.550. The summed E-state index contributed by atoms with van der Waals surface area (Å²) in [4.78, 5) is 39.3. The molecule has 0 radical (unpaired) electrons. The van der Waals surface area contributed by atoms with E-state index in [0.29, 0.717) is 18.4 Å². The Bertz CT molecular complexity index is 678. The third-order valence-corrected chi connectivity index (χ3v) is 4.17. The first kappa shape index (κ1) is 24.9. The number of carbonyl (C=O) groups excluding carboxylic acids is 3. The molecule has 9 heteroatoms. The van der Waals surface area contributed by atoms with Crippen LogP contribution >= 0.6 is 11.8 Å². The van der Waals surface area contributed by atoms with Crippen LogP contribution in [0.4, 0.5) is 0 Å². The van der Waals surface area contributed by atoms with Gasteiger partial charge in [0.05, 0.1) is 12.6 Å². The summed E-state index contributed by atoms with van der Waals surface area (Å²) in [5.74, 6) is -1.95. The summed E-state index contributed by atoms with van der Waals surface area (Å²) < 4.78 is 5.39. The molecule has 1 aromatic carbocycles. The summed E-state index contributed by atoms with van der Waals surface area (Å²) in [6, 6.07) is 6.99. The van der Waals surface area contributed by atoms with Crippen LogP contribution in [-0.4, -0.2) is 47.2 Å². The molecule has 162 valence electrons. The molecule has 0 aromatic heterocycles. The Kier molecular flexibility index (Phi) is 10.1. The van der Waals surface area contributed by atoms with Crippen molar-refractivity contribution in [1.82, 2.24) is 15.5 Å². The van der Waals surface area contributed by atoms with Gasteiger partial charge in [0.1, 0.15) is 11.7 Å². The third kappa shape index (κ3) is 8.81. The minimum atomic E-state index is -1.41. The lowest BCUT2D eigenvalue weighted by Gasteiger charge is -2.25. The maximum atomic E-state index is 12.6. The number of aliphatic hydroxyl groups excluding tert-OH is 1. The Hall–Kier alpha value is -2.16. The lowest BCUT2D eigenvalue weighted by Crippen LogP contribution is -2.49. The highest BCUT2D eigenvalue weighted by Gasteiger charge is 2.29. The summed E-state index contributed by atoms with van der Waals surface area (Å²) in [7, 11) is 0. The number of halogens is 1. The van der Waals surface area contributed by atoms with Gasteiger partial charge in [-0.3, -0.25) is 9.59 Å². The van der Waals surface area contributed by atoms with Gasteiger partial charge in [-0.05, 0) is 44.5 Å². The van der Waals surface area contributed by atoms with Crippen molar-refractivity contribution in [3.8, 4) is 0 Å². The number of ether oxygens (including phenoxy) is 1. The highest BCUT2D eigenvalue weighted by Crippen LogP contribution is 2.18. The molecule has 0 aliphatic heterocycles. The van der Waals surface area contributed by atoms with Crippen LogP contribution in [-0.2, 0) is 19.1 Å². The van der Waals surface area contributed by atoms with Crippen LogP contribution in [0.15, 0.2) is 30.3 Å². The standard InChI is InChI=1S/C20H30ClN3O5/c1-5-9-14(24-21)17(26)18(27)22-12-15(25)23-16(13-10-7-6-8-11-13)19(28)29-20(2,3)4/h6-8,10-11,14,16-17,24,26H,5,9,12H2,1-4H3,(H,22,27)(H,23,25)/t14?,16-,17?/m0/s1. The average Bonchev–Trinajstić information content (AvgIpc) is 2.67. The van der Waals surface area contributed by atoms with Crippen molar-refractivity contribution in [2.45, 2.75) is 64.3 Å². The van der Waals surface area contributed by atoms with Crippen LogP contribution in [0.2, 0.25) is 0 Å². The first-order valence-electron chi connectivity index (χ1n) is 9.48. The van der Waals surface area contributed by atoms with Gasteiger partial charge in [-0.15, -0.1) is 0 Å². The van der Waals surface area contributed by atoms with E-state index in [2.05, 4.69) is 15.5 Å². The maximum absolute atomic E-state index is 12.6. The van der Waals surface area contributed by atoms with Gasteiger partial charge in [0.2, 0.25) is 5.91 Å². The highest BCUT2D eigenvalue weighted by atomic mass is 35.5. The van der Waals surface area contributed by atoms with Crippen molar-refractivity contribution in [2.75, 3.05) is 6.54 Å². The summed E-state index contributed by atoms with van der Waals surface area (Å²) >= 11 is 5.55. The fourth-order valence-electron chi connectivity index (χ4n) is 2.53. The Morgan fingerprint density at radius 2 is 1.79 bits per heavy atom. The van der Waals surface area contributed by atoms with Gasteiger partial charge < -0.3 is 20.5 Å². The first-order valence-corrected chi connectivity index (χ1v) is 9.86. The summed E-state index contributed by atoms with van der Waals surface area (Å²) in [5.41, 5.74) is -0.174. The van der Waals surface area contributed by atoms with E-state index in [1.165, 1.54) is 0 Å². The van der Waals surface area contributed by atoms with Crippen molar-refractivity contribution in [2.24, 2.45) is 0 Å². The van der Waals surface area contributed by atoms with Crippen LogP contribution < -0.4 is 15.5 Å². The lowest BCUT2D eigenvalue weighted by molar-refractivity contribution is -0.158. The van der Waals surface area contributed by atoms with Crippen molar-refractivity contribution in [3.63, 3.8) is 0 Å². The topological polar surface area (TPSA) is 117 Å². The first-order chi connectivity index (χ1) is 13.6. The van der Waals surface area contributed by atoms with Gasteiger partial charge in [-0.2, -0.15) is 0 Å². The summed E-state index contributed by atoms with van der Waals surface area (Å²) in [6.07, 6.45) is -0.209.